The number of ether oxygens (including phenoxy) is 1. The molecule has 3 heterocycles. The first-order valence-electron chi connectivity index (χ1n) is 10.1. The van der Waals surface area contributed by atoms with Crippen LogP contribution in [0.1, 0.15) is 49.8 Å². The molecule has 2 aliphatic heterocycles. The normalized spacial score (nSPS) is 23.6. The van der Waals surface area contributed by atoms with Gasteiger partial charge in [-0.15, -0.1) is 11.3 Å². The van der Waals surface area contributed by atoms with Crippen molar-refractivity contribution in [1.29, 1.82) is 0 Å². The van der Waals surface area contributed by atoms with Gasteiger partial charge in [0.15, 0.2) is 0 Å². The maximum absolute atomic E-state index is 12.9. The third-order valence-corrected chi connectivity index (χ3v) is 6.84. The summed E-state index contributed by atoms with van der Waals surface area (Å²) in [5.41, 5.74) is -0.714. The lowest BCUT2D eigenvalue weighted by atomic mass is 9.98. The number of nitrogens with one attached hydrogen (secondary N) is 1. The number of imide groups is 1. The average Bonchev–Trinajstić information content (AvgIpc) is 3.46. The highest BCUT2D eigenvalue weighted by atomic mass is 32.1. The fourth-order valence-electron chi connectivity index (χ4n) is 4.44. The second kappa shape index (κ2) is 8.21. The zero-order valence-corrected chi connectivity index (χ0v) is 16.8. The molecule has 2 saturated heterocycles. The largest absolute Gasteiger partial charge is 0.376 e. The van der Waals surface area contributed by atoms with E-state index in [9.17, 15) is 14.4 Å². The summed E-state index contributed by atoms with van der Waals surface area (Å²) in [6, 6.07) is 3.63. The quantitative estimate of drug-likeness (QED) is 0.707. The molecule has 8 heteroatoms. The molecule has 0 radical (unpaired) electrons. The summed E-state index contributed by atoms with van der Waals surface area (Å²) in [5.74, 6) is -0.205. The van der Waals surface area contributed by atoms with Crippen molar-refractivity contribution in [1.82, 2.24) is 15.1 Å². The third-order valence-electron chi connectivity index (χ3n) is 5.98. The lowest BCUT2D eigenvalue weighted by molar-refractivity contribution is -0.135. The lowest BCUT2D eigenvalue weighted by Crippen LogP contribution is -2.44. The minimum absolute atomic E-state index is 0.0446. The maximum Gasteiger partial charge on any atom is 0.325 e. The summed E-state index contributed by atoms with van der Waals surface area (Å²) in [4.78, 5) is 42.2. The Labute approximate surface area is 169 Å². The molecule has 152 valence electrons. The first-order chi connectivity index (χ1) is 13.6. The van der Waals surface area contributed by atoms with E-state index in [0.29, 0.717) is 25.9 Å². The molecule has 0 aromatic carbocycles. The molecular formula is C20H27N3O4S. The van der Waals surface area contributed by atoms with E-state index in [1.165, 1.54) is 4.90 Å². The van der Waals surface area contributed by atoms with Crippen molar-refractivity contribution in [3.63, 3.8) is 0 Å². The molecule has 1 aromatic rings. The van der Waals surface area contributed by atoms with Gasteiger partial charge in [0.25, 0.3) is 5.91 Å². The zero-order valence-electron chi connectivity index (χ0n) is 16.0. The summed E-state index contributed by atoms with van der Waals surface area (Å²) in [7, 11) is 0. The van der Waals surface area contributed by atoms with Gasteiger partial charge in [-0.1, -0.05) is 18.9 Å². The number of urea groups is 1. The summed E-state index contributed by atoms with van der Waals surface area (Å²) in [5, 5.41) is 4.87. The summed E-state index contributed by atoms with van der Waals surface area (Å²) < 4.78 is 5.71. The van der Waals surface area contributed by atoms with Gasteiger partial charge < -0.3 is 15.0 Å². The SMILES string of the molecule is O=C(CCN1C(=O)NC2(CCCC2)C1=O)N(Cc1cccs1)CC1CCCO1. The minimum atomic E-state index is -0.714. The van der Waals surface area contributed by atoms with Gasteiger partial charge in [-0.25, -0.2) is 4.79 Å². The van der Waals surface area contributed by atoms with E-state index in [2.05, 4.69) is 5.32 Å². The average molecular weight is 406 g/mol. The Morgan fingerprint density at radius 3 is 2.82 bits per heavy atom. The van der Waals surface area contributed by atoms with Crippen molar-refractivity contribution in [3.8, 4) is 0 Å². The van der Waals surface area contributed by atoms with Crippen LogP contribution in [0, 0.1) is 0 Å². The monoisotopic (exact) mass is 405 g/mol. The van der Waals surface area contributed by atoms with E-state index >= 15 is 0 Å². The van der Waals surface area contributed by atoms with Crippen LogP contribution in [0.2, 0.25) is 0 Å². The van der Waals surface area contributed by atoms with Crippen LogP contribution in [0.4, 0.5) is 4.79 Å². The van der Waals surface area contributed by atoms with Gasteiger partial charge in [-0.05, 0) is 37.1 Å². The van der Waals surface area contributed by atoms with E-state index in [4.69, 9.17) is 4.74 Å². The van der Waals surface area contributed by atoms with Crippen LogP contribution in [0.25, 0.3) is 0 Å². The number of carbonyl (C=O) groups excluding carboxylic acids is 3. The molecule has 28 heavy (non-hydrogen) atoms. The van der Waals surface area contributed by atoms with Gasteiger partial charge in [0.2, 0.25) is 5.91 Å². The third kappa shape index (κ3) is 3.93. The second-order valence-electron chi connectivity index (χ2n) is 7.91. The first-order valence-corrected chi connectivity index (χ1v) is 11.0. The molecule has 1 spiro atoms. The van der Waals surface area contributed by atoms with Crippen molar-refractivity contribution < 1.29 is 19.1 Å². The molecule has 1 unspecified atom stereocenters. The molecular weight excluding hydrogens is 378 g/mol. The smallest absolute Gasteiger partial charge is 0.325 e. The molecule has 1 atom stereocenters. The van der Waals surface area contributed by atoms with Crippen molar-refractivity contribution in [2.24, 2.45) is 0 Å². The predicted octanol–water partition coefficient (Wildman–Crippen LogP) is 2.51. The summed E-state index contributed by atoms with van der Waals surface area (Å²) in [6.45, 7) is 1.98. The van der Waals surface area contributed by atoms with E-state index < -0.39 is 5.54 Å². The van der Waals surface area contributed by atoms with Crippen molar-refractivity contribution in [3.05, 3.63) is 22.4 Å². The van der Waals surface area contributed by atoms with Gasteiger partial charge in [-0.2, -0.15) is 0 Å². The number of amides is 4. The van der Waals surface area contributed by atoms with Gasteiger partial charge in [0.1, 0.15) is 5.54 Å². The number of carbonyl (C=O) groups is 3. The Morgan fingerprint density at radius 2 is 2.14 bits per heavy atom. The standard InChI is InChI=1S/C20H27N3O4S/c24-17(7-10-23-18(25)20(21-19(23)26)8-1-2-9-20)22(13-15-5-3-11-27-15)14-16-6-4-12-28-16/h4,6,12,15H,1-3,5,7-11,13-14H2,(H,21,26). The van der Waals surface area contributed by atoms with Crippen LogP contribution in [-0.2, 0) is 20.9 Å². The Hall–Kier alpha value is -1.93. The molecule has 1 saturated carbocycles. The highest BCUT2D eigenvalue weighted by Crippen LogP contribution is 2.35. The van der Waals surface area contributed by atoms with Crippen LogP contribution in [0.3, 0.4) is 0 Å². The van der Waals surface area contributed by atoms with E-state index in [1.807, 2.05) is 22.4 Å². The number of nitrogens with zero attached hydrogens (tertiary/aromatic N) is 2. The lowest BCUT2D eigenvalue weighted by Gasteiger charge is -2.26. The minimum Gasteiger partial charge on any atom is -0.376 e. The van der Waals surface area contributed by atoms with Crippen molar-refractivity contribution >= 4 is 29.2 Å². The van der Waals surface area contributed by atoms with Gasteiger partial charge in [-0.3, -0.25) is 14.5 Å². The Kier molecular flexibility index (Phi) is 5.68. The molecule has 3 fully saturated rings. The summed E-state index contributed by atoms with van der Waals surface area (Å²) >= 11 is 1.62. The van der Waals surface area contributed by atoms with Crippen LogP contribution in [0.15, 0.2) is 17.5 Å². The number of thiophene rings is 1. The highest BCUT2D eigenvalue weighted by Gasteiger charge is 2.52. The molecule has 1 N–H and O–H groups in total. The van der Waals surface area contributed by atoms with Crippen LogP contribution >= 0.6 is 11.3 Å². The highest BCUT2D eigenvalue weighted by molar-refractivity contribution is 7.09. The number of rotatable bonds is 7. The number of hydrogen-bond acceptors (Lipinski definition) is 5. The molecule has 3 aliphatic rings. The maximum atomic E-state index is 12.9. The molecule has 0 bridgehead atoms. The zero-order chi connectivity index (χ0) is 19.6. The molecule has 4 amide bonds. The van der Waals surface area contributed by atoms with Gasteiger partial charge in [0, 0.05) is 31.0 Å². The first kappa shape index (κ1) is 19.4. The van der Waals surface area contributed by atoms with E-state index in [0.717, 1.165) is 37.2 Å². The summed E-state index contributed by atoms with van der Waals surface area (Å²) in [6.07, 6.45) is 5.51. The van der Waals surface area contributed by atoms with E-state index in [1.54, 1.807) is 11.3 Å². The predicted molar refractivity (Wildman–Crippen MR) is 105 cm³/mol. The Bertz CT molecular complexity index is 724. The van der Waals surface area contributed by atoms with E-state index in [-0.39, 0.29) is 36.9 Å². The van der Waals surface area contributed by atoms with Crippen molar-refractivity contribution in [2.45, 2.75) is 63.1 Å². The molecule has 7 nitrogen and oxygen atoms in total. The van der Waals surface area contributed by atoms with Crippen LogP contribution in [0.5, 0.6) is 0 Å². The molecule has 4 rings (SSSR count). The van der Waals surface area contributed by atoms with Gasteiger partial charge >= 0.3 is 6.03 Å². The van der Waals surface area contributed by atoms with Crippen molar-refractivity contribution in [2.75, 3.05) is 19.7 Å². The number of hydrogen-bond donors (Lipinski definition) is 1. The fourth-order valence-corrected chi connectivity index (χ4v) is 5.16. The molecule has 1 aliphatic carbocycles. The Morgan fingerprint density at radius 1 is 1.32 bits per heavy atom. The van der Waals surface area contributed by atoms with Crippen LogP contribution in [-0.4, -0.2) is 59.0 Å². The van der Waals surface area contributed by atoms with Gasteiger partial charge in [0.05, 0.1) is 12.6 Å². The fraction of sp³-hybridized carbons (Fsp3) is 0.650. The second-order valence-corrected chi connectivity index (χ2v) is 8.95. The van der Waals surface area contributed by atoms with Crippen LogP contribution < -0.4 is 5.32 Å². The molecule has 1 aromatic heterocycles. The topological polar surface area (TPSA) is 79.0 Å². The Balaban J connectivity index is 1.38.